The molecular formula is Ir3N4Pt3. The maximum absolute atomic E-state index is 0. The molecule has 0 rings (SSSR count). The fourth-order valence-electron chi connectivity index (χ4n) is 0. The van der Waals surface area contributed by atoms with Crippen molar-refractivity contribution < 1.29 is 124 Å². The first kappa shape index (κ1) is 154. The van der Waals surface area contributed by atoms with Crippen molar-refractivity contribution in [2.75, 3.05) is 0 Å². The zero-order valence-electron chi connectivity index (χ0n) is 3.74. The Morgan fingerprint density at radius 1 is 0.300 bits per heavy atom. The molecule has 0 saturated carbocycles. The normalized spacial score (nSPS) is 0. The fourth-order valence-corrected chi connectivity index (χ4v) is 0. The smallest absolute Gasteiger partial charge is 3.00 e. The Hall–Kier alpha value is 3.85. The number of hydrogen-bond acceptors (Lipinski definition) is 0. The van der Waals surface area contributed by atoms with Crippen LogP contribution in [0.3, 0.4) is 0 Å². The topological polar surface area (TPSA) is 122 Å². The molecule has 10 heavy (non-hydrogen) atoms. The van der Waals surface area contributed by atoms with Gasteiger partial charge in [0.25, 0.3) is 0 Å². The van der Waals surface area contributed by atoms with E-state index in [2.05, 4.69) is 0 Å². The molecule has 0 aromatic rings. The number of hydrogen-bond donors (Lipinski definition) is 0. The van der Waals surface area contributed by atoms with Gasteiger partial charge in [-0.3, -0.25) is 0 Å². The van der Waals surface area contributed by atoms with Gasteiger partial charge in [-0.15, -0.1) is 0 Å². The van der Waals surface area contributed by atoms with E-state index in [1.54, 1.807) is 0 Å². The standard InChI is InChI=1S/3Ir.4N.3Pt/q3*+4;4*-3;;;. The molecule has 0 amide bonds. The second-order valence-corrected chi connectivity index (χ2v) is 0. The molecule has 0 fully saturated rings. The molecule has 0 aliphatic carbocycles. The molecule has 4 nitrogen and oxygen atoms in total. The fraction of sp³-hybridized carbons (Fsp3) is 0. The van der Waals surface area contributed by atoms with E-state index in [1.807, 2.05) is 0 Å². The predicted molar refractivity (Wildman–Crippen MR) is 13.4 cm³/mol. The third-order valence-corrected chi connectivity index (χ3v) is 0. The second kappa shape index (κ2) is 122. The van der Waals surface area contributed by atoms with Gasteiger partial charge in [-0.05, 0) is 0 Å². The molecule has 0 bridgehead atoms. The first-order valence-corrected chi connectivity index (χ1v) is 0. The molecule has 77 valence electrons. The van der Waals surface area contributed by atoms with Crippen LogP contribution in [0, 0.1) is 0 Å². The van der Waals surface area contributed by atoms with Crippen LogP contribution in [0.4, 0.5) is 0 Å². The minimum atomic E-state index is 0. The summed E-state index contributed by atoms with van der Waals surface area (Å²) in [5.41, 5.74) is 0. The third kappa shape index (κ3) is 94.0. The summed E-state index contributed by atoms with van der Waals surface area (Å²) in [6, 6.07) is 0. The Bertz CT molecular complexity index is 15.7. The van der Waals surface area contributed by atoms with E-state index in [4.69, 9.17) is 0 Å². The van der Waals surface area contributed by atoms with E-state index < -0.39 is 0 Å². The van der Waals surface area contributed by atoms with Gasteiger partial charge in [0, 0.05) is 63.2 Å². The summed E-state index contributed by atoms with van der Waals surface area (Å²) < 4.78 is 0. The molecule has 0 unspecified atom stereocenters. The first-order chi connectivity index (χ1) is 0. The minimum absolute atomic E-state index is 0. The van der Waals surface area contributed by atoms with Crippen molar-refractivity contribution in [1.82, 2.24) is 0 Å². The summed E-state index contributed by atoms with van der Waals surface area (Å²) in [6.07, 6.45) is 0. The van der Waals surface area contributed by atoms with E-state index in [0.29, 0.717) is 0 Å². The maximum Gasteiger partial charge on any atom is 4.00 e. The van der Waals surface area contributed by atoms with Crippen molar-refractivity contribution in [3.8, 4) is 0 Å². The number of rotatable bonds is 0. The molecule has 10 heteroatoms. The first-order valence-electron chi connectivity index (χ1n) is 0. The summed E-state index contributed by atoms with van der Waals surface area (Å²) >= 11 is 0. The largest absolute Gasteiger partial charge is 4.00 e. The summed E-state index contributed by atoms with van der Waals surface area (Å²) in [4.78, 5) is 0. The van der Waals surface area contributed by atoms with E-state index in [9.17, 15) is 0 Å². The van der Waals surface area contributed by atoms with Gasteiger partial charge >= 0.3 is 60.3 Å². The van der Waals surface area contributed by atoms with Crippen LogP contribution in [-0.4, -0.2) is 0 Å². The van der Waals surface area contributed by atoms with Gasteiger partial charge in [-0.2, -0.15) is 0 Å². The van der Waals surface area contributed by atoms with Gasteiger partial charge in [-0.1, -0.05) is 0 Å². The van der Waals surface area contributed by atoms with E-state index in [-0.39, 0.29) is 148 Å². The van der Waals surface area contributed by atoms with Gasteiger partial charge in [0.15, 0.2) is 0 Å². The third-order valence-electron chi connectivity index (χ3n) is 0. The van der Waals surface area contributed by atoms with Gasteiger partial charge in [-0.25, -0.2) is 0 Å². The summed E-state index contributed by atoms with van der Waals surface area (Å²) in [6.45, 7) is 0. The summed E-state index contributed by atoms with van der Waals surface area (Å²) in [5, 5.41) is 0. The van der Waals surface area contributed by atoms with Crippen molar-refractivity contribution >= 4 is 0 Å². The zero-order chi connectivity index (χ0) is 0. The Labute approximate surface area is 146 Å². The summed E-state index contributed by atoms with van der Waals surface area (Å²) in [7, 11) is 0. The van der Waals surface area contributed by atoms with Crippen molar-refractivity contribution in [3.05, 3.63) is 24.6 Å². The van der Waals surface area contributed by atoms with E-state index in [0.717, 1.165) is 0 Å². The molecule has 3 radical (unpaired) electrons. The van der Waals surface area contributed by atoms with Crippen molar-refractivity contribution in [3.63, 3.8) is 0 Å². The Balaban J connectivity index is 0. The van der Waals surface area contributed by atoms with Crippen LogP contribution >= 0.6 is 0 Å². The Morgan fingerprint density at radius 2 is 0.300 bits per heavy atom. The average molecular weight is 1220 g/mol. The van der Waals surface area contributed by atoms with Crippen LogP contribution in [-0.2, 0) is 124 Å². The molecule has 0 aliphatic rings. The predicted octanol–water partition coefficient (Wildman–Crippen LogP) is 1.14. The Kier molecular flexibility index (Phi) is 1880. The monoisotopic (exact) mass is 1220 g/mol. The SMILES string of the molecule is [Ir+4].[Ir+4].[Ir+4].[N-3].[N-3].[N-3].[N-3].[Pt].[Pt].[Pt]. The number of nitrogens with zero attached hydrogens (tertiary/aromatic N) is 4. The van der Waals surface area contributed by atoms with Gasteiger partial charge in [0.2, 0.25) is 0 Å². The van der Waals surface area contributed by atoms with E-state index >= 15 is 0 Å². The molecule has 0 saturated heterocycles. The van der Waals surface area contributed by atoms with Gasteiger partial charge in [0.1, 0.15) is 0 Å². The van der Waals surface area contributed by atoms with E-state index in [1.165, 1.54) is 0 Å². The molecule has 0 aromatic heterocycles. The quantitative estimate of drug-likeness (QED) is 0.346. The van der Waals surface area contributed by atoms with Crippen LogP contribution in [0.1, 0.15) is 0 Å². The van der Waals surface area contributed by atoms with Crippen LogP contribution < -0.4 is 0 Å². The Morgan fingerprint density at radius 3 is 0.300 bits per heavy atom. The molecule has 0 aliphatic heterocycles. The molecule has 0 N–H and O–H groups in total. The zero-order valence-corrected chi connectivity index (χ0v) is 17.7. The van der Waals surface area contributed by atoms with Crippen LogP contribution in [0.25, 0.3) is 24.6 Å². The molecule has 0 aromatic carbocycles. The van der Waals surface area contributed by atoms with Gasteiger partial charge in [0.05, 0.1) is 0 Å². The van der Waals surface area contributed by atoms with Gasteiger partial charge < -0.3 is 24.6 Å². The van der Waals surface area contributed by atoms with Crippen molar-refractivity contribution in [2.24, 2.45) is 0 Å². The maximum atomic E-state index is 0. The van der Waals surface area contributed by atoms with Crippen LogP contribution in [0.15, 0.2) is 0 Å². The molecule has 0 spiro atoms. The van der Waals surface area contributed by atoms with Crippen LogP contribution in [0.5, 0.6) is 0 Å². The summed E-state index contributed by atoms with van der Waals surface area (Å²) in [5.74, 6) is 0. The van der Waals surface area contributed by atoms with Crippen LogP contribution in [0.2, 0.25) is 0 Å². The second-order valence-electron chi connectivity index (χ2n) is 0. The minimum Gasteiger partial charge on any atom is -3.00 e. The average Bonchev–Trinajstić information content (AvgIpc) is 0. The van der Waals surface area contributed by atoms with Crippen molar-refractivity contribution in [2.45, 2.75) is 0 Å². The van der Waals surface area contributed by atoms with Crippen molar-refractivity contribution in [1.29, 1.82) is 0 Å². The molecule has 0 heterocycles. The molecule has 0 atom stereocenters. The molecular weight excluding hydrogens is 1220 g/mol.